The molecule has 0 radical (unpaired) electrons. The van der Waals surface area contributed by atoms with Crippen molar-refractivity contribution in [3.05, 3.63) is 0 Å². The van der Waals surface area contributed by atoms with E-state index in [1.807, 2.05) is 13.8 Å². The molecule has 232 valence electrons. The lowest BCUT2D eigenvalue weighted by Gasteiger charge is -2.37. The maximum Gasteiger partial charge on any atom is 0.225 e. The molecule has 0 N–H and O–H groups in total. The first kappa shape index (κ1) is 35.0. The van der Waals surface area contributed by atoms with Crippen LogP contribution in [-0.2, 0) is 23.7 Å². The summed E-state index contributed by atoms with van der Waals surface area (Å²) in [6.45, 7) is 13.5. The predicted molar refractivity (Wildman–Crippen MR) is 161 cm³/mol. The molecule has 0 saturated carbocycles. The van der Waals surface area contributed by atoms with Crippen molar-refractivity contribution < 1.29 is 23.7 Å². The lowest BCUT2D eigenvalue weighted by Crippen LogP contribution is -2.53. The zero-order valence-corrected chi connectivity index (χ0v) is 27.0. The van der Waals surface area contributed by atoms with Gasteiger partial charge in [0.25, 0.3) is 0 Å². The van der Waals surface area contributed by atoms with E-state index in [4.69, 9.17) is 23.7 Å². The second-order valence-corrected chi connectivity index (χ2v) is 12.9. The Hall–Kier alpha value is -0.240. The van der Waals surface area contributed by atoms with Crippen LogP contribution in [0, 0.1) is 0 Å². The summed E-state index contributed by atoms with van der Waals surface area (Å²) < 4.78 is 32.8. The van der Waals surface area contributed by atoms with Crippen LogP contribution in [0.1, 0.15) is 144 Å². The van der Waals surface area contributed by atoms with Crippen LogP contribution in [0.5, 0.6) is 0 Å². The predicted octanol–water partition coefficient (Wildman–Crippen LogP) is 8.26. The number of rotatable bonds is 24. The molecular weight excluding hydrogens is 490 g/mol. The summed E-state index contributed by atoms with van der Waals surface area (Å²) in [7, 11) is 4.22. The number of fused-ring (bicyclic) bond motifs is 1. The zero-order valence-electron chi connectivity index (χ0n) is 27.0. The van der Waals surface area contributed by atoms with Crippen molar-refractivity contribution in [2.24, 2.45) is 0 Å². The maximum atomic E-state index is 6.79. The molecule has 0 aromatic heterocycles. The smallest absolute Gasteiger partial charge is 0.225 e. The minimum Gasteiger partial charge on any atom is -0.376 e. The molecule has 4 atom stereocenters. The van der Waals surface area contributed by atoms with Gasteiger partial charge in [0.1, 0.15) is 18.3 Å². The Labute approximate surface area is 242 Å². The van der Waals surface area contributed by atoms with Crippen molar-refractivity contribution in [3.63, 3.8) is 0 Å². The zero-order chi connectivity index (χ0) is 28.6. The van der Waals surface area contributed by atoms with Crippen LogP contribution in [0.25, 0.3) is 0 Å². The summed E-state index contributed by atoms with van der Waals surface area (Å²) in [5, 5.41) is 0. The van der Waals surface area contributed by atoms with Crippen LogP contribution in [-0.4, -0.2) is 74.7 Å². The van der Waals surface area contributed by atoms with Gasteiger partial charge in [-0.2, -0.15) is 0 Å². The number of hydrogen-bond donors (Lipinski definition) is 0. The molecule has 0 amide bonds. The van der Waals surface area contributed by atoms with E-state index in [0.717, 1.165) is 38.8 Å². The highest BCUT2D eigenvalue weighted by atomic mass is 16.9. The van der Waals surface area contributed by atoms with Gasteiger partial charge in [0.2, 0.25) is 5.79 Å². The first-order chi connectivity index (χ1) is 18.7. The molecule has 0 aromatic rings. The minimum atomic E-state index is -0.910. The van der Waals surface area contributed by atoms with Gasteiger partial charge in [0, 0.05) is 13.2 Å². The summed E-state index contributed by atoms with van der Waals surface area (Å²) >= 11 is 0. The minimum absolute atomic E-state index is 0.120. The molecule has 0 aromatic carbocycles. The van der Waals surface area contributed by atoms with Gasteiger partial charge in [-0.15, -0.1) is 0 Å². The van der Waals surface area contributed by atoms with Crippen molar-refractivity contribution in [1.29, 1.82) is 0 Å². The third-order valence-electron chi connectivity index (χ3n) is 8.46. The fraction of sp³-hybridized carbons (Fsp3) is 1.00. The Morgan fingerprint density at radius 2 is 1.26 bits per heavy atom. The van der Waals surface area contributed by atoms with Gasteiger partial charge in [0.05, 0.1) is 6.10 Å². The Morgan fingerprint density at radius 3 is 1.85 bits per heavy atom. The molecule has 2 heterocycles. The standard InChI is InChI=1S/C33H65NO5/c1-8-10-12-14-15-16-17-18-20-22-26-35-28-33-30(38-31(4,5)39-33)32(29(3)37-33,24-21-19-13-11-9-2)36-27-23-25-34(6)7/h29-30H,8-28H2,1-7H3/t29-,30-,32?,33-/m0/s1. The van der Waals surface area contributed by atoms with E-state index in [1.54, 1.807) is 0 Å². The molecule has 0 spiro atoms. The summed E-state index contributed by atoms with van der Waals surface area (Å²) in [6, 6.07) is 0. The molecule has 2 fully saturated rings. The van der Waals surface area contributed by atoms with Crippen LogP contribution < -0.4 is 0 Å². The lowest BCUT2D eigenvalue weighted by atomic mass is 9.84. The van der Waals surface area contributed by atoms with Crippen LogP contribution in [0.2, 0.25) is 0 Å². The second-order valence-electron chi connectivity index (χ2n) is 12.9. The van der Waals surface area contributed by atoms with Gasteiger partial charge in [-0.1, -0.05) is 104 Å². The molecule has 2 saturated heterocycles. The van der Waals surface area contributed by atoms with Gasteiger partial charge < -0.3 is 28.6 Å². The quantitative estimate of drug-likeness (QED) is 0.112. The fourth-order valence-electron chi connectivity index (χ4n) is 6.33. The topological polar surface area (TPSA) is 49.4 Å². The average molecular weight is 556 g/mol. The summed E-state index contributed by atoms with van der Waals surface area (Å²) in [6.07, 6.45) is 20.8. The number of hydrogen-bond acceptors (Lipinski definition) is 6. The third-order valence-corrected chi connectivity index (χ3v) is 8.46. The van der Waals surface area contributed by atoms with Gasteiger partial charge in [-0.3, -0.25) is 0 Å². The van der Waals surface area contributed by atoms with E-state index < -0.39 is 17.2 Å². The van der Waals surface area contributed by atoms with E-state index in [-0.39, 0.29) is 12.2 Å². The highest BCUT2D eigenvalue weighted by Gasteiger charge is 2.71. The van der Waals surface area contributed by atoms with Crippen molar-refractivity contribution in [3.8, 4) is 0 Å². The normalized spacial score (nSPS) is 28.0. The SMILES string of the molecule is CCCCCCCCCCCCOC[C@@]12O[C@@H](C)C(CCCCCCC)(OCCCN(C)C)[C@@H]1OC(C)(C)O2. The molecule has 2 aliphatic rings. The van der Waals surface area contributed by atoms with Crippen LogP contribution >= 0.6 is 0 Å². The van der Waals surface area contributed by atoms with Crippen LogP contribution in [0.4, 0.5) is 0 Å². The molecule has 0 aliphatic carbocycles. The number of nitrogens with zero attached hydrogens (tertiary/aromatic N) is 1. The van der Waals surface area contributed by atoms with E-state index in [1.165, 1.54) is 83.5 Å². The molecular formula is C33H65NO5. The van der Waals surface area contributed by atoms with Crippen molar-refractivity contribution in [2.75, 3.05) is 40.5 Å². The molecule has 0 bridgehead atoms. The third kappa shape index (κ3) is 11.5. The van der Waals surface area contributed by atoms with E-state index in [2.05, 4.69) is 39.8 Å². The van der Waals surface area contributed by atoms with Crippen LogP contribution in [0.15, 0.2) is 0 Å². The van der Waals surface area contributed by atoms with E-state index >= 15 is 0 Å². The lowest BCUT2D eigenvalue weighted by molar-refractivity contribution is -0.281. The second kappa shape index (κ2) is 18.3. The Bertz CT molecular complexity index is 629. The first-order valence-corrected chi connectivity index (χ1v) is 16.6. The molecule has 6 heteroatoms. The molecule has 2 rings (SSSR count). The van der Waals surface area contributed by atoms with Gasteiger partial charge in [-0.05, 0) is 60.7 Å². The van der Waals surface area contributed by atoms with E-state index in [0.29, 0.717) is 13.2 Å². The Balaban J connectivity index is 1.90. The number of unbranched alkanes of at least 4 members (excludes halogenated alkanes) is 13. The van der Waals surface area contributed by atoms with Crippen molar-refractivity contribution in [1.82, 2.24) is 4.90 Å². The van der Waals surface area contributed by atoms with Crippen molar-refractivity contribution in [2.45, 2.75) is 173 Å². The summed E-state index contributed by atoms with van der Waals surface area (Å²) in [5.41, 5.74) is -0.521. The fourth-order valence-corrected chi connectivity index (χ4v) is 6.33. The summed E-state index contributed by atoms with van der Waals surface area (Å²) in [5.74, 6) is -1.64. The first-order valence-electron chi connectivity index (χ1n) is 16.6. The average Bonchev–Trinajstić information content (AvgIpc) is 3.26. The van der Waals surface area contributed by atoms with Gasteiger partial charge in [0.15, 0.2) is 5.79 Å². The Kier molecular flexibility index (Phi) is 16.4. The van der Waals surface area contributed by atoms with Crippen LogP contribution in [0.3, 0.4) is 0 Å². The summed E-state index contributed by atoms with van der Waals surface area (Å²) in [4.78, 5) is 2.21. The van der Waals surface area contributed by atoms with Crippen molar-refractivity contribution >= 4 is 0 Å². The highest BCUT2D eigenvalue weighted by Crippen LogP contribution is 2.53. The largest absolute Gasteiger partial charge is 0.376 e. The van der Waals surface area contributed by atoms with Gasteiger partial charge in [-0.25, -0.2) is 0 Å². The molecule has 6 nitrogen and oxygen atoms in total. The maximum absolute atomic E-state index is 6.79. The molecule has 39 heavy (non-hydrogen) atoms. The Morgan fingerprint density at radius 1 is 0.692 bits per heavy atom. The molecule has 2 aliphatic heterocycles. The molecule has 1 unspecified atom stereocenters. The highest BCUT2D eigenvalue weighted by molar-refractivity contribution is 5.12. The number of ether oxygens (including phenoxy) is 5. The monoisotopic (exact) mass is 555 g/mol. The van der Waals surface area contributed by atoms with Gasteiger partial charge >= 0.3 is 0 Å². The van der Waals surface area contributed by atoms with E-state index in [9.17, 15) is 0 Å².